The number of amides is 1. The van der Waals surface area contributed by atoms with Crippen LogP contribution < -0.4 is 5.32 Å². The normalized spacial score (nSPS) is 24.0. The number of nitrogens with zero attached hydrogens (tertiary/aromatic N) is 1. The largest absolute Gasteiger partial charge is 0.481 e. The summed E-state index contributed by atoms with van der Waals surface area (Å²) in [5, 5.41) is 20.9. The molecule has 0 spiro atoms. The molecule has 1 saturated heterocycles. The molecule has 1 heterocycles. The van der Waals surface area contributed by atoms with E-state index in [1.807, 2.05) is 6.92 Å². The van der Waals surface area contributed by atoms with Gasteiger partial charge in [0.1, 0.15) is 0 Å². The summed E-state index contributed by atoms with van der Waals surface area (Å²) < 4.78 is 0. The van der Waals surface area contributed by atoms with E-state index in [9.17, 15) is 9.59 Å². The van der Waals surface area contributed by atoms with Crippen molar-refractivity contribution in [1.29, 1.82) is 0 Å². The van der Waals surface area contributed by atoms with Gasteiger partial charge in [-0.3, -0.25) is 9.59 Å². The van der Waals surface area contributed by atoms with Crippen molar-refractivity contribution in [2.45, 2.75) is 32.2 Å². The number of nitrogens with one attached hydrogen (secondary N) is 1. The predicted molar refractivity (Wildman–Crippen MR) is 66.1 cm³/mol. The van der Waals surface area contributed by atoms with Crippen molar-refractivity contribution in [3.63, 3.8) is 0 Å². The van der Waals surface area contributed by atoms with Crippen LogP contribution >= 0.6 is 0 Å². The minimum absolute atomic E-state index is 0.0111. The van der Waals surface area contributed by atoms with E-state index in [4.69, 9.17) is 10.2 Å². The van der Waals surface area contributed by atoms with Crippen molar-refractivity contribution in [2.75, 3.05) is 26.2 Å². The summed E-state index contributed by atoms with van der Waals surface area (Å²) in [5.74, 6) is -1.37. The molecule has 1 aliphatic heterocycles. The number of rotatable bonds is 6. The topological polar surface area (TPSA) is 89.9 Å². The van der Waals surface area contributed by atoms with Crippen molar-refractivity contribution >= 4 is 11.9 Å². The zero-order valence-corrected chi connectivity index (χ0v) is 10.8. The number of aliphatic hydroxyl groups excluding tert-OH is 1. The highest BCUT2D eigenvalue weighted by Crippen LogP contribution is 2.18. The molecule has 6 nitrogen and oxygen atoms in total. The molecule has 2 atom stereocenters. The molecule has 0 aromatic rings. The highest BCUT2D eigenvalue weighted by atomic mass is 16.4. The standard InChI is InChI=1S/C12H22N2O4/c1-2-3-11(16)14-7-9(12(17)18)6-10(8-14)13-4-5-15/h9-10,13,15H,2-8H2,1H3,(H,17,18). The average Bonchev–Trinajstić information content (AvgIpc) is 2.36. The number of carbonyl (C=O) groups is 2. The minimum atomic E-state index is -0.861. The molecule has 0 aliphatic carbocycles. The maximum absolute atomic E-state index is 11.8. The summed E-state index contributed by atoms with van der Waals surface area (Å²) in [4.78, 5) is 24.6. The molecule has 1 aliphatic rings. The number of likely N-dealkylation sites (tertiary alicyclic amines) is 1. The molecule has 0 bridgehead atoms. The van der Waals surface area contributed by atoms with E-state index in [-0.39, 0.29) is 18.6 Å². The highest BCUT2D eigenvalue weighted by Gasteiger charge is 2.33. The van der Waals surface area contributed by atoms with E-state index in [0.717, 1.165) is 6.42 Å². The van der Waals surface area contributed by atoms with E-state index in [0.29, 0.717) is 32.5 Å². The van der Waals surface area contributed by atoms with Crippen LogP contribution in [0.2, 0.25) is 0 Å². The number of hydrogen-bond donors (Lipinski definition) is 3. The Labute approximate surface area is 107 Å². The van der Waals surface area contributed by atoms with Crippen molar-refractivity contribution in [2.24, 2.45) is 5.92 Å². The Morgan fingerprint density at radius 2 is 2.11 bits per heavy atom. The lowest BCUT2D eigenvalue weighted by Crippen LogP contribution is -2.53. The molecule has 1 rings (SSSR count). The maximum atomic E-state index is 11.8. The summed E-state index contributed by atoms with van der Waals surface area (Å²) in [6.45, 7) is 3.19. The van der Waals surface area contributed by atoms with Crippen LogP contribution in [0.5, 0.6) is 0 Å². The Bertz CT molecular complexity index is 296. The Kier molecular flexibility index (Phi) is 6.07. The zero-order valence-electron chi connectivity index (χ0n) is 10.8. The van der Waals surface area contributed by atoms with Crippen LogP contribution in [0.3, 0.4) is 0 Å². The van der Waals surface area contributed by atoms with E-state index >= 15 is 0 Å². The van der Waals surface area contributed by atoms with Gasteiger partial charge >= 0.3 is 5.97 Å². The first-order valence-corrected chi connectivity index (χ1v) is 6.43. The molecule has 1 fully saturated rings. The molecule has 0 saturated carbocycles. The monoisotopic (exact) mass is 258 g/mol. The fraction of sp³-hybridized carbons (Fsp3) is 0.833. The van der Waals surface area contributed by atoms with Gasteiger partial charge in [-0.15, -0.1) is 0 Å². The Balaban J connectivity index is 2.61. The van der Waals surface area contributed by atoms with Crippen molar-refractivity contribution < 1.29 is 19.8 Å². The average molecular weight is 258 g/mol. The lowest BCUT2D eigenvalue weighted by atomic mass is 9.94. The third-order valence-electron chi connectivity index (χ3n) is 3.16. The van der Waals surface area contributed by atoms with Gasteiger partial charge in [-0.05, 0) is 12.8 Å². The van der Waals surface area contributed by atoms with Gasteiger partial charge in [-0.1, -0.05) is 6.92 Å². The van der Waals surface area contributed by atoms with Crippen LogP contribution in [0.4, 0.5) is 0 Å². The molecule has 0 radical (unpaired) electrons. The smallest absolute Gasteiger partial charge is 0.308 e. The molecule has 1 amide bonds. The lowest BCUT2D eigenvalue weighted by molar-refractivity contribution is -0.146. The van der Waals surface area contributed by atoms with Crippen LogP contribution in [0.1, 0.15) is 26.2 Å². The van der Waals surface area contributed by atoms with E-state index in [1.54, 1.807) is 4.90 Å². The number of hydrogen-bond acceptors (Lipinski definition) is 4. The van der Waals surface area contributed by atoms with Crippen LogP contribution in [0.25, 0.3) is 0 Å². The minimum Gasteiger partial charge on any atom is -0.481 e. The summed E-state index contributed by atoms with van der Waals surface area (Å²) in [6, 6.07) is -0.0483. The fourth-order valence-electron chi connectivity index (χ4n) is 2.27. The van der Waals surface area contributed by atoms with E-state index < -0.39 is 11.9 Å². The van der Waals surface area contributed by atoms with Crippen molar-refractivity contribution in [1.82, 2.24) is 10.2 Å². The van der Waals surface area contributed by atoms with Crippen molar-refractivity contribution in [3.05, 3.63) is 0 Å². The molecule has 0 aromatic carbocycles. The van der Waals surface area contributed by atoms with Crippen molar-refractivity contribution in [3.8, 4) is 0 Å². The third-order valence-corrected chi connectivity index (χ3v) is 3.16. The van der Waals surface area contributed by atoms with Gasteiger partial charge in [-0.25, -0.2) is 0 Å². The number of piperidine rings is 1. The summed E-state index contributed by atoms with van der Waals surface area (Å²) >= 11 is 0. The third kappa shape index (κ3) is 4.27. The number of carbonyl (C=O) groups excluding carboxylic acids is 1. The van der Waals surface area contributed by atoms with Gasteiger partial charge in [0.25, 0.3) is 0 Å². The summed E-state index contributed by atoms with van der Waals surface area (Å²) in [7, 11) is 0. The molecule has 2 unspecified atom stereocenters. The Morgan fingerprint density at radius 1 is 1.39 bits per heavy atom. The lowest BCUT2D eigenvalue weighted by Gasteiger charge is -2.36. The second kappa shape index (κ2) is 7.33. The maximum Gasteiger partial charge on any atom is 0.308 e. The van der Waals surface area contributed by atoms with Gasteiger partial charge < -0.3 is 20.4 Å². The molecule has 3 N–H and O–H groups in total. The number of carboxylic acid groups (broad SMARTS) is 1. The van der Waals surface area contributed by atoms with Gasteiger partial charge in [-0.2, -0.15) is 0 Å². The van der Waals surface area contributed by atoms with Crippen LogP contribution in [-0.4, -0.2) is 59.3 Å². The van der Waals surface area contributed by atoms with Gasteiger partial charge in [0.05, 0.1) is 12.5 Å². The van der Waals surface area contributed by atoms with E-state index in [1.165, 1.54) is 0 Å². The van der Waals surface area contributed by atoms with Gasteiger partial charge in [0.2, 0.25) is 5.91 Å². The van der Waals surface area contributed by atoms with E-state index in [2.05, 4.69) is 5.32 Å². The Hall–Kier alpha value is -1.14. The van der Waals surface area contributed by atoms with Gasteiger partial charge in [0, 0.05) is 32.1 Å². The van der Waals surface area contributed by atoms with Crippen LogP contribution in [0.15, 0.2) is 0 Å². The number of aliphatic hydroxyl groups is 1. The molecule has 18 heavy (non-hydrogen) atoms. The van der Waals surface area contributed by atoms with Crippen LogP contribution in [-0.2, 0) is 9.59 Å². The first-order valence-electron chi connectivity index (χ1n) is 6.43. The molecule has 0 aromatic heterocycles. The summed E-state index contributed by atoms with van der Waals surface area (Å²) in [5.41, 5.74) is 0. The first-order chi connectivity index (χ1) is 8.58. The molecule has 104 valence electrons. The zero-order chi connectivity index (χ0) is 13.5. The quantitative estimate of drug-likeness (QED) is 0.607. The number of carboxylic acids is 1. The molecular formula is C12H22N2O4. The molecular weight excluding hydrogens is 236 g/mol. The number of aliphatic carboxylic acids is 1. The summed E-state index contributed by atoms with van der Waals surface area (Å²) in [6.07, 6.45) is 1.73. The van der Waals surface area contributed by atoms with Crippen LogP contribution in [0, 0.1) is 5.92 Å². The second-order valence-electron chi connectivity index (χ2n) is 4.69. The fourth-order valence-corrected chi connectivity index (χ4v) is 2.27. The highest BCUT2D eigenvalue weighted by molar-refractivity contribution is 5.78. The SMILES string of the molecule is CCCC(=O)N1CC(NCCO)CC(C(=O)O)C1. The predicted octanol–water partition coefficient (Wildman–Crippen LogP) is -0.330. The Morgan fingerprint density at radius 3 is 2.67 bits per heavy atom. The van der Waals surface area contributed by atoms with Gasteiger partial charge in [0.15, 0.2) is 0 Å². The molecule has 6 heteroatoms. The second-order valence-corrected chi connectivity index (χ2v) is 4.69. The first kappa shape index (κ1) is 14.9.